The van der Waals surface area contributed by atoms with Gasteiger partial charge >= 0.3 is 0 Å². The van der Waals surface area contributed by atoms with E-state index in [-0.39, 0.29) is 0 Å². The SMILES string of the molecule is Nc1ncnn2c(C3CCCCC3)cc(Br)c12. The molecule has 90 valence electrons. The molecule has 17 heavy (non-hydrogen) atoms. The van der Waals surface area contributed by atoms with E-state index >= 15 is 0 Å². The zero-order chi connectivity index (χ0) is 11.8. The maximum absolute atomic E-state index is 5.90. The predicted octanol–water partition coefficient (Wildman–Crippen LogP) is 3.12. The summed E-state index contributed by atoms with van der Waals surface area (Å²) in [5, 5.41) is 4.33. The molecule has 0 aliphatic heterocycles. The lowest BCUT2D eigenvalue weighted by Gasteiger charge is -2.21. The van der Waals surface area contributed by atoms with Gasteiger partial charge in [0.05, 0.1) is 0 Å². The zero-order valence-corrected chi connectivity index (χ0v) is 11.2. The normalized spacial score (nSPS) is 17.7. The van der Waals surface area contributed by atoms with Crippen LogP contribution in [-0.4, -0.2) is 14.6 Å². The van der Waals surface area contributed by atoms with Crippen molar-refractivity contribution in [3.63, 3.8) is 0 Å². The molecule has 0 atom stereocenters. The molecule has 3 rings (SSSR count). The largest absolute Gasteiger partial charge is 0.382 e. The molecule has 2 N–H and O–H groups in total. The van der Waals surface area contributed by atoms with Gasteiger partial charge in [-0.15, -0.1) is 0 Å². The van der Waals surface area contributed by atoms with E-state index in [0.717, 1.165) is 9.99 Å². The fourth-order valence-corrected chi connectivity index (χ4v) is 3.34. The number of aromatic nitrogens is 3. The van der Waals surface area contributed by atoms with Gasteiger partial charge in [0, 0.05) is 16.1 Å². The third-order valence-corrected chi connectivity index (χ3v) is 4.19. The Balaban J connectivity index is 2.13. The molecule has 0 radical (unpaired) electrons. The van der Waals surface area contributed by atoms with Crippen LogP contribution in [-0.2, 0) is 0 Å². The van der Waals surface area contributed by atoms with E-state index in [1.807, 2.05) is 4.52 Å². The Hall–Kier alpha value is -1.10. The van der Waals surface area contributed by atoms with Crippen LogP contribution in [0.1, 0.15) is 43.7 Å². The Kier molecular flexibility index (Phi) is 2.78. The van der Waals surface area contributed by atoms with E-state index in [1.165, 1.54) is 44.1 Å². The summed E-state index contributed by atoms with van der Waals surface area (Å²) in [5.41, 5.74) is 8.06. The lowest BCUT2D eigenvalue weighted by molar-refractivity contribution is 0.431. The van der Waals surface area contributed by atoms with Gasteiger partial charge in [0.15, 0.2) is 5.82 Å². The van der Waals surface area contributed by atoms with Crippen LogP contribution in [0.5, 0.6) is 0 Å². The average molecular weight is 295 g/mol. The number of nitrogens with zero attached hydrogens (tertiary/aromatic N) is 3. The highest BCUT2D eigenvalue weighted by atomic mass is 79.9. The second-order valence-corrected chi connectivity index (χ2v) is 5.51. The van der Waals surface area contributed by atoms with E-state index in [1.54, 1.807) is 0 Å². The lowest BCUT2D eigenvalue weighted by Crippen LogP contribution is -2.09. The molecule has 1 saturated carbocycles. The Morgan fingerprint density at radius 3 is 2.82 bits per heavy atom. The van der Waals surface area contributed by atoms with E-state index in [4.69, 9.17) is 5.73 Å². The summed E-state index contributed by atoms with van der Waals surface area (Å²) in [6.45, 7) is 0. The monoisotopic (exact) mass is 294 g/mol. The second kappa shape index (κ2) is 4.29. The van der Waals surface area contributed by atoms with Crippen molar-refractivity contribution >= 4 is 27.3 Å². The summed E-state index contributed by atoms with van der Waals surface area (Å²) in [4.78, 5) is 4.04. The van der Waals surface area contributed by atoms with Crippen molar-refractivity contribution in [3.8, 4) is 0 Å². The molecule has 2 heterocycles. The maximum atomic E-state index is 5.90. The number of hydrogen-bond donors (Lipinski definition) is 1. The molecule has 1 aliphatic carbocycles. The summed E-state index contributed by atoms with van der Waals surface area (Å²) >= 11 is 3.55. The molecule has 0 spiro atoms. The smallest absolute Gasteiger partial charge is 0.152 e. The van der Waals surface area contributed by atoms with Gasteiger partial charge in [0.2, 0.25) is 0 Å². The number of nitrogen functional groups attached to an aromatic ring is 1. The third-order valence-electron chi connectivity index (χ3n) is 3.59. The number of rotatable bonds is 1. The molecule has 2 aromatic heterocycles. The quantitative estimate of drug-likeness (QED) is 0.879. The van der Waals surface area contributed by atoms with Crippen LogP contribution < -0.4 is 5.73 Å². The van der Waals surface area contributed by atoms with Crippen LogP contribution in [0.3, 0.4) is 0 Å². The molecule has 4 nitrogen and oxygen atoms in total. The minimum absolute atomic E-state index is 0.536. The molecule has 0 amide bonds. The van der Waals surface area contributed by atoms with Crippen molar-refractivity contribution in [1.82, 2.24) is 14.6 Å². The van der Waals surface area contributed by atoms with E-state index in [9.17, 15) is 0 Å². The first kappa shape index (κ1) is 11.0. The Morgan fingerprint density at radius 2 is 2.06 bits per heavy atom. The molecular weight excluding hydrogens is 280 g/mol. The Labute approximate surface area is 108 Å². The average Bonchev–Trinajstić information content (AvgIpc) is 2.69. The van der Waals surface area contributed by atoms with Crippen LogP contribution >= 0.6 is 15.9 Å². The minimum Gasteiger partial charge on any atom is -0.382 e. The molecular formula is C12H15BrN4. The zero-order valence-electron chi connectivity index (χ0n) is 9.56. The van der Waals surface area contributed by atoms with E-state index < -0.39 is 0 Å². The summed E-state index contributed by atoms with van der Waals surface area (Å²) in [6.07, 6.45) is 8.02. The third kappa shape index (κ3) is 1.82. The van der Waals surface area contributed by atoms with Crippen molar-refractivity contribution in [2.75, 3.05) is 5.73 Å². The molecule has 0 saturated heterocycles. The molecule has 1 fully saturated rings. The number of hydrogen-bond acceptors (Lipinski definition) is 3. The van der Waals surface area contributed by atoms with Crippen LogP contribution in [0.25, 0.3) is 5.52 Å². The first-order chi connectivity index (χ1) is 8.27. The molecule has 5 heteroatoms. The number of anilines is 1. The van der Waals surface area contributed by atoms with Crippen LogP contribution in [0.4, 0.5) is 5.82 Å². The summed E-state index contributed by atoms with van der Waals surface area (Å²) < 4.78 is 2.94. The van der Waals surface area contributed by atoms with Crippen molar-refractivity contribution in [1.29, 1.82) is 0 Å². The van der Waals surface area contributed by atoms with Crippen molar-refractivity contribution in [3.05, 3.63) is 22.6 Å². The van der Waals surface area contributed by atoms with Crippen molar-refractivity contribution < 1.29 is 0 Å². The van der Waals surface area contributed by atoms with Gasteiger partial charge in [-0.2, -0.15) is 5.10 Å². The number of nitrogens with two attached hydrogens (primary N) is 1. The molecule has 0 unspecified atom stereocenters. The van der Waals surface area contributed by atoms with Gasteiger partial charge in [0.1, 0.15) is 11.8 Å². The van der Waals surface area contributed by atoms with Gasteiger partial charge in [0.25, 0.3) is 0 Å². The highest BCUT2D eigenvalue weighted by Crippen LogP contribution is 2.36. The van der Waals surface area contributed by atoms with E-state index in [0.29, 0.717) is 11.7 Å². The highest BCUT2D eigenvalue weighted by Gasteiger charge is 2.21. The van der Waals surface area contributed by atoms with E-state index in [2.05, 4.69) is 32.1 Å². The Morgan fingerprint density at radius 1 is 1.29 bits per heavy atom. The van der Waals surface area contributed by atoms with Crippen LogP contribution in [0.15, 0.2) is 16.9 Å². The first-order valence-corrected chi connectivity index (χ1v) is 6.84. The number of fused-ring (bicyclic) bond motifs is 1. The van der Waals surface area contributed by atoms with Gasteiger partial charge < -0.3 is 5.73 Å². The van der Waals surface area contributed by atoms with Crippen LogP contribution in [0.2, 0.25) is 0 Å². The lowest BCUT2D eigenvalue weighted by atomic mass is 9.87. The fourth-order valence-electron chi connectivity index (χ4n) is 2.73. The van der Waals surface area contributed by atoms with Gasteiger partial charge in [-0.05, 0) is 34.8 Å². The highest BCUT2D eigenvalue weighted by molar-refractivity contribution is 9.10. The first-order valence-electron chi connectivity index (χ1n) is 6.05. The minimum atomic E-state index is 0.536. The molecule has 2 aromatic rings. The second-order valence-electron chi connectivity index (χ2n) is 4.66. The molecule has 0 bridgehead atoms. The standard InChI is InChI=1S/C12H15BrN4/c13-9-6-10(8-4-2-1-3-5-8)17-11(9)12(14)15-7-16-17/h6-8H,1-5H2,(H2,14,15,16). The van der Waals surface area contributed by atoms with Crippen LogP contribution in [0, 0.1) is 0 Å². The molecule has 1 aliphatic rings. The summed E-state index contributed by atoms with van der Waals surface area (Å²) in [7, 11) is 0. The summed E-state index contributed by atoms with van der Waals surface area (Å²) in [6, 6.07) is 2.15. The predicted molar refractivity (Wildman–Crippen MR) is 70.9 cm³/mol. The van der Waals surface area contributed by atoms with Gasteiger partial charge in [-0.25, -0.2) is 9.50 Å². The topological polar surface area (TPSA) is 56.2 Å². The number of halogens is 1. The maximum Gasteiger partial charge on any atom is 0.152 e. The van der Waals surface area contributed by atoms with Gasteiger partial charge in [-0.1, -0.05) is 19.3 Å². The van der Waals surface area contributed by atoms with Crippen molar-refractivity contribution in [2.45, 2.75) is 38.0 Å². The van der Waals surface area contributed by atoms with Gasteiger partial charge in [-0.3, -0.25) is 0 Å². The Bertz CT molecular complexity index is 543. The fraction of sp³-hybridized carbons (Fsp3) is 0.500. The summed E-state index contributed by atoms with van der Waals surface area (Å²) in [5.74, 6) is 1.14. The molecule has 0 aromatic carbocycles. The van der Waals surface area contributed by atoms with Crippen molar-refractivity contribution in [2.24, 2.45) is 0 Å².